The predicted molar refractivity (Wildman–Crippen MR) is 97.5 cm³/mol. The van der Waals surface area contributed by atoms with Crippen LogP contribution in [0.2, 0.25) is 0 Å². The van der Waals surface area contributed by atoms with Gasteiger partial charge < -0.3 is 4.74 Å². The van der Waals surface area contributed by atoms with Gasteiger partial charge in [-0.25, -0.2) is 0 Å². The molecule has 0 fully saturated rings. The summed E-state index contributed by atoms with van der Waals surface area (Å²) in [4.78, 5) is 0. The Labute approximate surface area is 164 Å². The van der Waals surface area contributed by atoms with Gasteiger partial charge in [0, 0.05) is 21.1 Å². The van der Waals surface area contributed by atoms with Crippen molar-refractivity contribution < 1.29 is 25.8 Å². The summed E-state index contributed by atoms with van der Waals surface area (Å²) < 4.78 is 6.06. The van der Waals surface area contributed by atoms with Crippen LogP contribution in [0.3, 0.4) is 0 Å². The second-order valence-electron chi connectivity index (χ2n) is 6.41. The first-order valence-electron chi connectivity index (χ1n) is 8.63. The van der Waals surface area contributed by atoms with Gasteiger partial charge in [0.1, 0.15) is 5.75 Å². The fourth-order valence-electron chi connectivity index (χ4n) is 3.79. The van der Waals surface area contributed by atoms with Crippen molar-refractivity contribution in [3.63, 3.8) is 0 Å². The molecule has 0 saturated heterocycles. The largest absolute Gasteiger partial charge is 0.493 e. The number of para-hydroxylation sites is 1. The van der Waals surface area contributed by atoms with E-state index in [0.717, 1.165) is 25.2 Å². The number of benzene rings is 3. The van der Waals surface area contributed by atoms with Crippen molar-refractivity contribution in [1.82, 2.24) is 0 Å². The molecule has 0 N–H and O–H groups in total. The van der Waals surface area contributed by atoms with Crippen LogP contribution in [-0.2, 0) is 27.5 Å². The van der Waals surface area contributed by atoms with Gasteiger partial charge in [-0.05, 0) is 41.9 Å². The molecule has 2 heteroatoms. The zero-order chi connectivity index (χ0) is 16.2. The number of hydrogen-bond acceptors (Lipinski definition) is 1. The van der Waals surface area contributed by atoms with E-state index in [4.69, 9.17) is 4.74 Å². The van der Waals surface area contributed by atoms with E-state index in [-0.39, 0.29) is 21.1 Å². The Morgan fingerprint density at radius 3 is 2.40 bits per heavy atom. The molecule has 0 bridgehead atoms. The van der Waals surface area contributed by atoms with Crippen molar-refractivity contribution in [3.05, 3.63) is 102 Å². The fraction of sp³-hybridized carbons (Fsp3) is 0.217. The maximum absolute atomic E-state index is 6.06. The molecule has 1 aliphatic heterocycles. The van der Waals surface area contributed by atoms with E-state index in [2.05, 4.69) is 72.8 Å². The summed E-state index contributed by atoms with van der Waals surface area (Å²) in [6.45, 7) is 0.773. The molecule has 2 unspecified atom stereocenters. The standard InChI is InChI=1S/C23H21O.W/c1-3-9-18(10-4-1)17-22-20(19-11-5-2-6-12-19)15-16-24-23-14-8-7-13-21(22)23;/h2-14,20,22H,15-17H2;/q-1;. The molecule has 1 nitrogen and oxygen atoms in total. The molecule has 0 aromatic heterocycles. The summed E-state index contributed by atoms with van der Waals surface area (Å²) in [5, 5.41) is 0. The molecule has 1 aliphatic rings. The van der Waals surface area contributed by atoms with E-state index in [0.29, 0.717) is 11.8 Å². The maximum atomic E-state index is 6.06. The normalized spacial score (nSPS) is 19.0. The Morgan fingerprint density at radius 1 is 0.880 bits per heavy atom. The summed E-state index contributed by atoms with van der Waals surface area (Å²) in [7, 11) is 0. The van der Waals surface area contributed by atoms with Gasteiger partial charge in [0.15, 0.2) is 0 Å². The van der Waals surface area contributed by atoms with Gasteiger partial charge in [-0.2, -0.15) is 35.9 Å². The molecular weight excluding hydrogens is 476 g/mol. The summed E-state index contributed by atoms with van der Waals surface area (Å²) in [5.41, 5.74) is 4.10. The predicted octanol–water partition coefficient (Wildman–Crippen LogP) is 5.38. The Hall–Kier alpha value is -1.85. The van der Waals surface area contributed by atoms with Crippen LogP contribution >= 0.6 is 0 Å². The number of rotatable bonds is 3. The molecule has 0 saturated carbocycles. The van der Waals surface area contributed by atoms with Crippen molar-refractivity contribution in [2.24, 2.45) is 0 Å². The Bertz CT molecular complexity index is 785. The quantitative estimate of drug-likeness (QED) is 0.442. The molecular formula is C23H21OW-. The third-order valence-electron chi connectivity index (χ3n) is 4.96. The van der Waals surface area contributed by atoms with Crippen molar-refractivity contribution >= 4 is 0 Å². The third kappa shape index (κ3) is 4.04. The van der Waals surface area contributed by atoms with E-state index in [1.165, 1.54) is 16.7 Å². The molecule has 4 rings (SSSR count). The van der Waals surface area contributed by atoms with Gasteiger partial charge in [-0.3, -0.25) is 0 Å². The van der Waals surface area contributed by atoms with Gasteiger partial charge in [0.25, 0.3) is 0 Å². The second-order valence-corrected chi connectivity index (χ2v) is 6.41. The Balaban J connectivity index is 0.00000182. The van der Waals surface area contributed by atoms with Gasteiger partial charge >= 0.3 is 0 Å². The monoisotopic (exact) mass is 497 g/mol. The smallest absolute Gasteiger partial charge is 0.122 e. The van der Waals surface area contributed by atoms with E-state index in [1.54, 1.807) is 0 Å². The molecule has 0 radical (unpaired) electrons. The number of fused-ring (bicyclic) bond motifs is 1. The molecule has 126 valence electrons. The zero-order valence-corrected chi connectivity index (χ0v) is 17.0. The van der Waals surface area contributed by atoms with Crippen molar-refractivity contribution in [1.29, 1.82) is 0 Å². The minimum Gasteiger partial charge on any atom is -0.493 e. The van der Waals surface area contributed by atoms with Crippen LogP contribution in [0.5, 0.6) is 5.75 Å². The van der Waals surface area contributed by atoms with Crippen LogP contribution in [0.15, 0.2) is 78.9 Å². The molecule has 0 amide bonds. The molecule has 0 spiro atoms. The minimum atomic E-state index is 0. The van der Waals surface area contributed by atoms with Crippen LogP contribution in [-0.4, -0.2) is 6.61 Å². The van der Waals surface area contributed by atoms with Crippen molar-refractivity contribution in [2.75, 3.05) is 6.61 Å². The fourth-order valence-corrected chi connectivity index (χ4v) is 3.79. The first-order chi connectivity index (χ1) is 11.9. The summed E-state index contributed by atoms with van der Waals surface area (Å²) in [6.07, 6.45) is 2.07. The molecule has 3 aromatic rings. The van der Waals surface area contributed by atoms with Crippen molar-refractivity contribution in [2.45, 2.75) is 24.7 Å². The van der Waals surface area contributed by atoms with Gasteiger partial charge in [0.05, 0.1) is 6.61 Å². The molecule has 3 aromatic carbocycles. The van der Waals surface area contributed by atoms with Crippen LogP contribution in [0, 0.1) is 6.07 Å². The van der Waals surface area contributed by atoms with Crippen LogP contribution < -0.4 is 4.74 Å². The Kier molecular flexibility index (Phi) is 6.10. The van der Waals surface area contributed by atoms with E-state index < -0.39 is 0 Å². The summed E-state index contributed by atoms with van der Waals surface area (Å²) in [5.74, 6) is 1.94. The topological polar surface area (TPSA) is 9.23 Å². The third-order valence-corrected chi connectivity index (χ3v) is 4.96. The van der Waals surface area contributed by atoms with Crippen molar-refractivity contribution in [3.8, 4) is 5.75 Å². The zero-order valence-electron chi connectivity index (χ0n) is 14.1. The average Bonchev–Trinajstić information content (AvgIpc) is 2.83. The first-order valence-corrected chi connectivity index (χ1v) is 8.63. The molecule has 25 heavy (non-hydrogen) atoms. The molecule has 1 heterocycles. The number of ether oxygens (including phenoxy) is 1. The summed E-state index contributed by atoms with van der Waals surface area (Å²) >= 11 is 0. The van der Waals surface area contributed by atoms with E-state index >= 15 is 0 Å². The molecule has 0 aliphatic carbocycles. The van der Waals surface area contributed by atoms with E-state index in [1.807, 2.05) is 12.1 Å². The van der Waals surface area contributed by atoms with Crippen LogP contribution in [0.1, 0.15) is 34.9 Å². The van der Waals surface area contributed by atoms with Crippen LogP contribution in [0.4, 0.5) is 0 Å². The van der Waals surface area contributed by atoms with Gasteiger partial charge in [-0.15, -0.1) is 0 Å². The SMILES string of the molecule is [W].[c-]1ccc(CC2c3ccccc3OCCC2c2ccccc2)cc1. The average molecular weight is 497 g/mol. The van der Waals surface area contributed by atoms with E-state index in [9.17, 15) is 0 Å². The second kappa shape index (κ2) is 8.49. The van der Waals surface area contributed by atoms with Crippen LogP contribution in [0.25, 0.3) is 0 Å². The maximum Gasteiger partial charge on any atom is 0.122 e. The summed E-state index contributed by atoms with van der Waals surface area (Å²) in [6, 6.07) is 30.9. The number of hydrogen-bond donors (Lipinski definition) is 0. The first kappa shape index (κ1) is 18.0. The molecule has 2 atom stereocenters. The van der Waals surface area contributed by atoms with Gasteiger partial charge in [0.2, 0.25) is 0 Å². The van der Waals surface area contributed by atoms with Gasteiger partial charge in [-0.1, -0.05) is 48.5 Å². The Morgan fingerprint density at radius 2 is 1.60 bits per heavy atom. The minimum absolute atomic E-state index is 0.